The van der Waals surface area contributed by atoms with Gasteiger partial charge in [0.15, 0.2) is 5.75 Å². The van der Waals surface area contributed by atoms with E-state index in [-0.39, 0.29) is 11.9 Å². The number of amides is 3. The summed E-state index contributed by atoms with van der Waals surface area (Å²) in [7, 11) is 0. The SMILES string of the molecule is CCNC(=O)N1CCCC1C(=O)Nc1ccccc1Oc1cccnc1. The molecule has 1 saturated heterocycles. The standard InChI is InChI=1S/C19H22N4O3/c1-2-21-19(25)23-12-6-9-16(23)18(24)22-15-8-3-4-10-17(15)26-14-7-5-11-20-13-14/h3-5,7-8,10-11,13,16H,2,6,9,12H2,1H3,(H,21,25)(H,22,24). The predicted molar refractivity (Wildman–Crippen MR) is 98.2 cm³/mol. The lowest BCUT2D eigenvalue weighted by Crippen LogP contribution is -2.47. The summed E-state index contributed by atoms with van der Waals surface area (Å²) in [5.74, 6) is 0.895. The van der Waals surface area contributed by atoms with Crippen LogP contribution in [0.15, 0.2) is 48.8 Å². The van der Waals surface area contributed by atoms with Gasteiger partial charge >= 0.3 is 6.03 Å². The van der Waals surface area contributed by atoms with Crippen molar-refractivity contribution in [1.29, 1.82) is 0 Å². The Kier molecular flexibility index (Phi) is 5.68. The van der Waals surface area contributed by atoms with Crippen molar-refractivity contribution in [2.24, 2.45) is 0 Å². The zero-order valence-electron chi connectivity index (χ0n) is 14.6. The molecule has 7 heteroatoms. The fourth-order valence-electron chi connectivity index (χ4n) is 2.94. The van der Waals surface area contributed by atoms with E-state index in [0.29, 0.717) is 36.7 Å². The molecule has 1 unspecified atom stereocenters. The average Bonchev–Trinajstić information content (AvgIpc) is 3.14. The lowest BCUT2D eigenvalue weighted by atomic mass is 10.2. The van der Waals surface area contributed by atoms with Gasteiger partial charge in [0.1, 0.15) is 11.8 Å². The van der Waals surface area contributed by atoms with Gasteiger partial charge in [0.2, 0.25) is 5.91 Å². The van der Waals surface area contributed by atoms with Crippen LogP contribution in [0.4, 0.5) is 10.5 Å². The number of benzene rings is 1. The summed E-state index contributed by atoms with van der Waals surface area (Å²) in [5.41, 5.74) is 0.559. The molecule has 1 aromatic carbocycles. The molecule has 136 valence electrons. The third-order valence-corrected chi connectivity index (χ3v) is 4.15. The minimum absolute atomic E-state index is 0.204. The van der Waals surface area contributed by atoms with Crippen LogP contribution in [0.3, 0.4) is 0 Å². The zero-order valence-corrected chi connectivity index (χ0v) is 14.6. The molecule has 0 bridgehead atoms. The van der Waals surface area contributed by atoms with Crippen molar-refractivity contribution in [3.8, 4) is 11.5 Å². The minimum Gasteiger partial charge on any atom is -0.454 e. The number of carbonyl (C=O) groups is 2. The highest BCUT2D eigenvalue weighted by atomic mass is 16.5. The van der Waals surface area contributed by atoms with E-state index in [9.17, 15) is 9.59 Å². The maximum Gasteiger partial charge on any atom is 0.318 e. The molecule has 26 heavy (non-hydrogen) atoms. The maximum absolute atomic E-state index is 12.7. The number of nitrogens with zero attached hydrogens (tertiary/aromatic N) is 2. The number of ether oxygens (including phenoxy) is 1. The molecule has 2 aromatic rings. The van der Waals surface area contributed by atoms with Crippen LogP contribution in [-0.4, -0.2) is 41.0 Å². The lowest BCUT2D eigenvalue weighted by Gasteiger charge is -2.24. The van der Waals surface area contributed by atoms with Gasteiger partial charge in [0, 0.05) is 19.3 Å². The van der Waals surface area contributed by atoms with Crippen LogP contribution in [0.5, 0.6) is 11.5 Å². The van der Waals surface area contributed by atoms with Gasteiger partial charge in [0.05, 0.1) is 11.9 Å². The van der Waals surface area contributed by atoms with Crippen molar-refractivity contribution in [2.75, 3.05) is 18.4 Å². The molecule has 3 rings (SSSR count). The van der Waals surface area contributed by atoms with Crippen LogP contribution in [0.25, 0.3) is 0 Å². The Balaban J connectivity index is 1.72. The smallest absolute Gasteiger partial charge is 0.318 e. The van der Waals surface area contributed by atoms with Gasteiger partial charge in [-0.25, -0.2) is 4.79 Å². The van der Waals surface area contributed by atoms with E-state index in [1.807, 2.05) is 19.1 Å². The molecular weight excluding hydrogens is 332 g/mol. The van der Waals surface area contributed by atoms with Crippen molar-refractivity contribution in [1.82, 2.24) is 15.2 Å². The third-order valence-electron chi connectivity index (χ3n) is 4.15. The second-order valence-corrected chi connectivity index (χ2v) is 5.96. The monoisotopic (exact) mass is 354 g/mol. The van der Waals surface area contributed by atoms with Gasteiger partial charge in [-0.15, -0.1) is 0 Å². The minimum atomic E-state index is -0.479. The van der Waals surface area contributed by atoms with Gasteiger partial charge < -0.3 is 20.3 Å². The number of hydrogen-bond acceptors (Lipinski definition) is 4. The van der Waals surface area contributed by atoms with E-state index in [2.05, 4.69) is 15.6 Å². The fourth-order valence-corrected chi connectivity index (χ4v) is 2.94. The first kappa shape index (κ1) is 17.7. The lowest BCUT2D eigenvalue weighted by molar-refractivity contribution is -0.119. The summed E-state index contributed by atoms with van der Waals surface area (Å²) in [6, 6.07) is 10.1. The number of para-hydroxylation sites is 2. The van der Waals surface area contributed by atoms with Crippen LogP contribution in [0.2, 0.25) is 0 Å². The van der Waals surface area contributed by atoms with Gasteiger partial charge in [-0.3, -0.25) is 9.78 Å². The molecule has 1 atom stereocenters. The van der Waals surface area contributed by atoms with Gasteiger partial charge in [-0.1, -0.05) is 12.1 Å². The van der Waals surface area contributed by atoms with E-state index in [1.165, 1.54) is 0 Å². The van der Waals surface area contributed by atoms with Gasteiger partial charge in [-0.2, -0.15) is 0 Å². The first-order valence-corrected chi connectivity index (χ1v) is 8.71. The molecule has 2 N–H and O–H groups in total. The molecule has 7 nitrogen and oxygen atoms in total. The number of anilines is 1. The Morgan fingerprint density at radius 3 is 2.88 bits per heavy atom. The van der Waals surface area contributed by atoms with Crippen LogP contribution < -0.4 is 15.4 Å². The molecule has 1 fully saturated rings. The Morgan fingerprint density at radius 2 is 2.12 bits per heavy atom. The summed E-state index contributed by atoms with van der Waals surface area (Å²) in [4.78, 5) is 30.5. The van der Waals surface area contributed by atoms with Crippen molar-refractivity contribution >= 4 is 17.6 Å². The fraction of sp³-hybridized carbons (Fsp3) is 0.316. The molecule has 0 radical (unpaired) electrons. The molecule has 3 amide bonds. The van der Waals surface area contributed by atoms with E-state index in [4.69, 9.17) is 4.74 Å². The van der Waals surface area contributed by atoms with E-state index < -0.39 is 6.04 Å². The highest BCUT2D eigenvalue weighted by Gasteiger charge is 2.34. The zero-order chi connectivity index (χ0) is 18.4. The number of urea groups is 1. The van der Waals surface area contributed by atoms with E-state index in [0.717, 1.165) is 6.42 Å². The Bertz CT molecular complexity index is 766. The van der Waals surface area contributed by atoms with Crippen molar-refractivity contribution in [3.63, 3.8) is 0 Å². The number of likely N-dealkylation sites (tertiary alicyclic amines) is 1. The summed E-state index contributed by atoms with van der Waals surface area (Å²) in [5, 5.41) is 5.65. The summed E-state index contributed by atoms with van der Waals surface area (Å²) < 4.78 is 5.82. The number of rotatable bonds is 5. The van der Waals surface area contributed by atoms with Crippen LogP contribution in [0.1, 0.15) is 19.8 Å². The molecule has 2 heterocycles. The molecule has 0 aliphatic carbocycles. The Morgan fingerprint density at radius 1 is 1.27 bits per heavy atom. The summed E-state index contributed by atoms with van der Waals surface area (Å²) >= 11 is 0. The third kappa shape index (κ3) is 4.11. The molecule has 1 aliphatic heterocycles. The van der Waals surface area contributed by atoms with Crippen molar-refractivity contribution < 1.29 is 14.3 Å². The van der Waals surface area contributed by atoms with Crippen LogP contribution in [0, 0.1) is 0 Å². The van der Waals surface area contributed by atoms with Gasteiger partial charge in [-0.05, 0) is 44.0 Å². The first-order chi connectivity index (χ1) is 12.7. The molecule has 1 aromatic heterocycles. The topological polar surface area (TPSA) is 83.6 Å². The van der Waals surface area contributed by atoms with Crippen molar-refractivity contribution in [3.05, 3.63) is 48.8 Å². The quantitative estimate of drug-likeness (QED) is 0.864. The molecule has 0 saturated carbocycles. The number of nitrogens with one attached hydrogen (secondary N) is 2. The van der Waals surface area contributed by atoms with Crippen molar-refractivity contribution in [2.45, 2.75) is 25.8 Å². The predicted octanol–water partition coefficient (Wildman–Crippen LogP) is 3.01. The highest BCUT2D eigenvalue weighted by Crippen LogP contribution is 2.29. The second kappa shape index (κ2) is 8.33. The normalized spacial score (nSPS) is 16.2. The van der Waals surface area contributed by atoms with Crippen LogP contribution >= 0.6 is 0 Å². The molecule has 0 spiro atoms. The number of aromatic nitrogens is 1. The largest absolute Gasteiger partial charge is 0.454 e. The second-order valence-electron chi connectivity index (χ2n) is 5.96. The molecule has 1 aliphatic rings. The van der Waals surface area contributed by atoms with E-state index >= 15 is 0 Å². The Labute approximate surface area is 152 Å². The number of carbonyl (C=O) groups excluding carboxylic acids is 2. The Hall–Kier alpha value is -3.09. The summed E-state index contributed by atoms with van der Waals surface area (Å²) in [6.07, 6.45) is 4.72. The average molecular weight is 354 g/mol. The number of hydrogen-bond donors (Lipinski definition) is 2. The summed E-state index contributed by atoms with van der Waals surface area (Å²) in [6.45, 7) is 2.97. The first-order valence-electron chi connectivity index (χ1n) is 8.71. The van der Waals surface area contributed by atoms with Crippen LogP contribution in [-0.2, 0) is 4.79 Å². The molecular formula is C19H22N4O3. The number of pyridine rings is 1. The highest BCUT2D eigenvalue weighted by molar-refractivity contribution is 5.98. The van der Waals surface area contributed by atoms with E-state index in [1.54, 1.807) is 41.6 Å². The van der Waals surface area contributed by atoms with Gasteiger partial charge in [0.25, 0.3) is 0 Å². The maximum atomic E-state index is 12.7.